The minimum Gasteiger partial charge on any atom is -0.490 e. The molecular weight excluding hydrogens is 287 g/mol. The van der Waals surface area contributed by atoms with E-state index in [1.54, 1.807) is 26.2 Å². The summed E-state index contributed by atoms with van der Waals surface area (Å²) in [6.45, 7) is 1.36. The number of ether oxygens (including phenoxy) is 1. The molecule has 1 aliphatic heterocycles. The van der Waals surface area contributed by atoms with Gasteiger partial charge in [-0.15, -0.1) is 0 Å². The average molecular weight is 308 g/mol. The number of hydrogen-bond acceptors (Lipinski definition) is 4. The third-order valence-electron chi connectivity index (χ3n) is 3.51. The van der Waals surface area contributed by atoms with Crippen molar-refractivity contribution in [2.75, 3.05) is 27.2 Å². The minimum absolute atomic E-state index is 0.0576. The van der Waals surface area contributed by atoms with E-state index in [4.69, 9.17) is 4.74 Å². The van der Waals surface area contributed by atoms with Crippen LogP contribution in [0.4, 0.5) is 4.39 Å². The first-order valence-electron chi connectivity index (χ1n) is 7.27. The number of amides is 1. The van der Waals surface area contributed by atoms with Crippen molar-refractivity contribution in [3.05, 3.63) is 30.1 Å². The highest BCUT2D eigenvalue weighted by atomic mass is 19.1. The van der Waals surface area contributed by atoms with Gasteiger partial charge in [0, 0.05) is 40.0 Å². The third-order valence-corrected chi connectivity index (χ3v) is 3.51. The first-order valence-corrected chi connectivity index (χ1v) is 7.27. The van der Waals surface area contributed by atoms with Crippen LogP contribution in [0.3, 0.4) is 0 Å². The van der Waals surface area contributed by atoms with E-state index in [1.165, 1.54) is 12.1 Å². The van der Waals surface area contributed by atoms with E-state index in [0.29, 0.717) is 24.7 Å². The summed E-state index contributed by atoms with van der Waals surface area (Å²) in [5.41, 5.74) is 2.66. The quantitative estimate of drug-likeness (QED) is 0.496. The maximum atomic E-state index is 12.9. The number of nitrogens with one attached hydrogen (secondary N) is 2. The van der Waals surface area contributed by atoms with Crippen LogP contribution in [-0.4, -0.2) is 49.9 Å². The Kier molecular flexibility index (Phi) is 5.57. The molecule has 1 aromatic rings. The molecule has 0 aliphatic carbocycles. The first kappa shape index (κ1) is 16.1. The second-order valence-corrected chi connectivity index (χ2v) is 5.00. The number of halogens is 1. The lowest BCUT2D eigenvalue weighted by Crippen LogP contribution is -2.48. The molecule has 0 aromatic heterocycles. The molecule has 2 N–H and O–H groups in total. The van der Waals surface area contributed by atoms with Crippen LogP contribution >= 0.6 is 0 Å². The molecule has 120 valence electrons. The van der Waals surface area contributed by atoms with Crippen molar-refractivity contribution in [3.63, 3.8) is 0 Å². The summed E-state index contributed by atoms with van der Waals surface area (Å²) in [6.07, 6.45) is 1.61. The fourth-order valence-electron chi connectivity index (χ4n) is 2.37. The number of carbonyl (C=O) groups is 1. The summed E-state index contributed by atoms with van der Waals surface area (Å²) < 4.78 is 18.7. The zero-order valence-electron chi connectivity index (χ0n) is 12.8. The Morgan fingerprint density at radius 3 is 2.45 bits per heavy atom. The van der Waals surface area contributed by atoms with E-state index in [9.17, 15) is 9.18 Å². The fourth-order valence-corrected chi connectivity index (χ4v) is 2.37. The normalized spacial score (nSPS) is 16.3. The predicted molar refractivity (Wildman–Crippen MR) is 82.2 cm³/mol. The van der Waals surface area contributed by atoms with Gasteiger partial charge in [-0.1, -0.05) is 0 Å². The minimum atomic E-state index is -0.277. The van der Waals surface area contributed by atoms with Crippen LogP contribution in [0.1, 0.15) is 12.8 Å². The maximum Gasteiger partial charge on any atom is 0.288 e. The number of carbonyl (C=O) groups excluding carboxylic acids is 1. The van der Waals surface area contributed by atoms with Crippen LogP contribution in [0.25, 0.3) is 0 Å². The van der Waals surface area contributed by atoms with E-state index >= 15 is 0 Å². The summed E-state index contributed by atoms with van der Waals surface area (Å²) in [4.78, 5) is 13.7. The molecule has 22 heavy (non-hydrogen) atoms. The SMILES string of the molecule is CN/N=C(\C(=O)NC)N1CCC(Oc2ccc(F)cc2)CC1. The lowest BCUT2D eigenvalue weighted by molar-refractivity contribution is -0.115. The summed E-state index contributed by atoms with van der Waals surface area (Å²) in [7, 11) is 3.24. The van der Waals surface area contributed by atoms with Gasteiger partial charge >= 0.3 is 0 Å². The molecule has 0 spiro atoms. The fraction of sp³-hybridized carbons (Fsp3) is 0.467. The highest BCUT2D eigenvalue weighted by Crippen LogP contribution is 2.19. The van der Waals surface area contributed by atoms with Gasteiger partial charge in [-0.05, 0) is 24.3 Å². The van der Waals surface area contributed by atoms with Crippen molar-refractivity contribution >= 4 is 11.7 Å². The summed E-state index contributed by atoms with van der Waals surface area (Å²) in [5, 5.41) is 6.62. The van der Waals surface area contributed by atoms with Gasteiger partial charge in [0.15, 0.2) is 0 Å². The molecule has 1 fully saturated rings. The van der Waals surface area contributed by atoms with E-state index in [2.05, 4.69) is 15.8 Å². The molecule has 0 radical (unpaired) electrons. The number of likely N-dealkylation sites (N-methyl/N-ethyl adjacent to an activating group) is 1. The van der Waals surface area contributed by atoms with Crippen molar-refractivity contribution in [3.8, 4) is 5.75 Å². The Hall–Kier alpha value is -2.31. The van der Waals surface area contributed by atoms with Gasteiger partial charge in [0.2, 0.25) is 5.84 Å². The Morgan fingerprint density at radius 2 is 1.91 bits per heavy atom. The van der Waals surface area contributed by atoms with Crippen LogP contribution in [0.15, 0.2) is 29.4 Å². The van der Waals surface area contributed by atoms with E-state index in [1.807, 2.05) is 4.90 Å². The van der Waals surface area contributed by atoms with Crippen molar-refractivity contribution in [2.24, 2.45) is 5.10 Å². The molecule has 1 heterocycles. The summed E-state index contributed by atoms with van der Waals surface area (Å²) >= 11 is 0. The number of rotatable bonds is 3. The smallest absolute Gasteiger partial charge is 0.288 e. The molecule has 1 saturated heterocycles. The van der Waals surface area contributed by atoms with Crippen LogP contribution in [0, 0.1) is 5.82 Å². The number of hydrogen-bond donors (Lipinski definition) is 2. The van der Waals surface area contributed by atoms with Crippen molar-refractivity contribution in [1.82, 2.24) is 15.6 Å². The number of piperidine rings is 1. The number of benzene rings is 1. The molecule has 1 aromatic carbocycles. The van der Waals surface area contributed by atoms with Crippen molar-refractivity contribution in [2.45, 2.75) is 18.9 Å². The van der Waals surface area contributed by atoms with Crippen LogP contribution in [-0.2, 0) is 4.79 Å². The van der Waals surface area contributed by atoms with Gasteiger partial charge in [-0.3, -0.25) is 4.79 Å². The van der Waals surface area contributed by atoms with Gasteiger partial charge in [0.25, 0.3) is 5.91 Å². The highest BCUT2D eigenvalue weighted by molar-refractivity contribution is 6.37. The highest BCUT2D eigenvalue weighted by Gasteiger charge is 2.26. The molecule has 0 atom stereocenters. The van der Waals surface area contributed by atoms with E-state index < -0.39 is 0 Å². The molecule has 2 rings (SSSR count). The molecule has 0 bridgehead atoms. The van der Waals surface area contributed by atoms with Crippen molar-refractivity contribution < 1.29 is 13.9 Å². The summed E-state index contributed by atoms with van der Waals surface area (Å²) in [6, 6.07) is 6.02. The monoisotopic (exact) mass is 308 g/mol. The van der Waals surface area contributed by atoms with E-state index in [-0.39, 0.29) is 17.8 Å². The predicted octanol–water partition coefficient (Wildman–Crippen LogP) is 0.948. The number of amidine groups is 1. The van der Waals surface area contributed by atoms with Crippen LogP contribution in [0.5, 0.6) is 5.75 Å². The summed E-state index contributed by atoms with van der Waals surface area (Å²) in [5.74, 6) is 0.549. The zero-order valence-corrected chi connectivity index (χ0v) is 12.8. The molecule has 7 heteroatoms. The van der Waals surface area contributed by atoms with Gasteiger partial charge in [-0.2, -0.15) is 5.10 Å². The Labute approximate surface area is 129 Å². The van der Waals surface area contributed by atoms with Gasteiger partial charge in [0.1, 0.15) is 17.7 Å². The van der Waals surface area contributed by atoms with Gasteiger partial charge < -0.3 is 20.4 Å². The average Bonchev–Trinajstić information content (AvgIpc) is 2.55. The molecule has 0 saturated carbocycles. The second kappa shape index (κ2) is 7.63. The molecular formula is C15H21FN4O2. The second-order valence-electron chi connectivity index (χ2n) is 5.00. The van der Waals surface area contributed by atoms with Gasteiger partial charge in [0.05, 0.1) is 0 Å². The lowest BCUT2D eigenvalue weighted by Gasteiger charge is -2.33. The lowest BCUT2D eigenvalue weighted by atomic mass is 10.1. The third kappa shape index (κ3) is 4.09. The zero-order chi connectivity index (χ0) is 15.9. The van der Waals surface area contributed by atoms with E-state index in [0.717, 1.165) is 12.8 Å². The van der Waals surface area contributed by atoms with Crippen LogP contribution < -0.4 is 15.5 Å². The molecule has 1 amide bonds. The Balaban J connectivity index is 1.90. The Bertz CT molecular complexity index is 525. The number of nitrogens with zero attached hydrogens (tertiary/aromatic N) is 2. The standard InChI is InChI=1S/C15H21FN4O2/c1-17-15(21)14(19-18-2)20-9-7-13(8-10-20)22-12-5-3-11(16)4-6-12/h3-6,13,18H,7-10H2,1-2H3,(H,17,21)/b19-14+. The van der Waals surface area contributed by atoms with Crippen LogP contribution in [0.2, 0.25) is 0 Å². The topological polar surface area (TPSA) is 66.0 Å². The molecule has 1 aliphatic rings. The molecule has 0 unspecified atom stereocenters. The number of hydrazone groups is 1. The Morgan fingerprint density at radius 1 is 1.27 bits per heavy atom. The first-order chi connectivity index (χ1) is 10.6. The number of likely N-dealkylation sites (tertiary alicyclic amines) is 1. The van der Waals surface area contributed by atoms with Gasteiger partial charge in [-0.25, -0.2) is 4.39 Å². The van der Waals surface area contributed by atoms with Crippen molar-refractivity contribution in [1.29, 1.82) is 0 Å². The molecule has 6 nitrogen and oxygen atoms in total. The largest absolute Gasteiger partial charge is 0.490 e. The maximum absolute atomic E-state index is 12.9.